The second kappa shape index (κ2) is 6.11. The second-order valence-corrected chi connectivity index (χ2v) is 4.08. The van der Waals surface area contributed by atoms with Crippen molar-refractivity contribution >= 4 is 11.3 Å². The van der Waals surface area contributed by atoms with Crippen LogP contribution in [0.15, 0.2) is 11.6 Å². The molecule has 0 saturated carbocycles. The average molecular weight is 215 g/mol. The van der Waals surface area contributed by atoms with E-state index in [1.54, 1.807) is 17.5 Å². The lowest BCUT2D eigenvalue weighted by Gasteiger charge is -2.20. The van der Waals surface area contributed by atoms with E-state index in [0.717, 1.165) is 11.4 Å². The smallest absolute Gasteiger partial charge is 0.0951 e. The van der Waals surface area contributed by atoms with E-state index in [4.69, 9.17) is 4.74 Å². The van der Waals surface area contributed by atoms with Crippen LogP contribution in [-0.2, 0) is 11.2 Å². The molecule has 0 aliphatic rings. The molecule has 0 spiro atoms. The second-order valence-electron chi connectivity index (χ2n) is 3.10. The molecule has 80 valence electrons. The third-order valence-corrected chi connectivity index (χ3v) is 2.88. The van der Waals surface area contributed by atoms with Gasteiger partial charge in [-0.05, 0) is 13.3 Å². The van der Waals surface area contributed by atoms with Gasteiger partial charge in [0, 0.05) is 24.6 Å². The van der Waals surface area contributed by atoms with Crippen molar-refractivity contribution in [1.29, 1.82) is 0 Å². The zero-order valence-corrected chi connectivity index (χ0v) is 9.46. The van der Waals surface area contributed by atoms with E-state index in [-0.39, 0.29) is 6.10 Å². The summed E-state index contributed by atoms with van der Waals surface area (Å²) in [6, 6.07) is 0. The molecule has 0 bridgehead atoms. The van der Waals surface area contributed by atoms with Gasteiger partial charge in [0.1, 0.15) is 0 Å². The maximum atomic E-state index is 9.85. The summed E-state index contributed by atoms with van der Waals surface area (Å²) in [5.74, 6) is 0. The van der Waals surface area contributed by atoms with Crippen molar-refractivity contribution in [2.75, 3.05) is 6.61 Å². The monoisotopic (exact) mass is 215 g/mol. The summed E-state index contributed by atoms with van der Waals surface area (Å²) in [6.45, 7) is 4.61. The van der Waals surface area contributed by atoms with Crippen LogP contribution in [0.25, 0.3) is 0 Å². The molecule has 4 heteroatoms. The Balaban J connectivity index is 2.43. The van der Waals surface area contributed by atoms with Gasteiger partial charge in [0.15, 0.2) is 0 Å². The molecule has 0 aliphatic heterocycles. The topological polar surface area (TPSA) is 42.4 Å². The summed E-state index contributed by atoms with van der Waals surface area (Å²) >= 11 is 1.57. The molecule has 1 N–H and O–H groups in total. The standard InChI is InChI=1S/C10H17NO2S/c1-3-9(13-4-2)8(12)7-10-11-5-6-14-10/h5-6,8-9,12H,3-4,7H2,1-2H3. The number of nitrogens with zero attached hydrogens (tertiary/aromatic N) is 1. The van der Waals surface area contributed by atoms with Gasteiger partial charge in [0.25, 0.3) is 0 Å². The van der Waals surface area contributed by atoms with Gasteiger partial charge < -0.3 is 9.84 Å². The Hall–Kier alpha value is -0.450. The summed E-state index contributed by atoms with van der Waals surface area (Å²) in [7, 11) is 0. The molecule has 0 radical (unpaired) electrons. The molecule has 0 amide bonds. The fourth-order valence-electron chi connectivity index (χ4n) is 1.38. The molecule has 1 rings (SSSR count). The van der Waals surface area contributed by atoms with E-state index >= 15 is 0 Å². The van der Waals surface area contributed by atoms with Gasteiger partial charge in [0.05, 0.1) is 17.2 Å². The number of hydrogen-bond acceptors (Lipinski definition) is 4. The van der Waals surface area contributed by atoms with E-state index in [1.165, 1.54) is 0 Å². The highest BCUT2D eigenvalue weighted by molar-refractivity contribution is 7.09. The quantitative estimate of drug-likeness (QED) is 0.787. The van der Waals surface area contributed by atoms with Crippen molar-refractivity contribution in [1.82, 2.24) is 4.98 Å². The number of hydrogen-bond donors (Lipinski definition) is 1. The maximum absolute atomic E-state index is 9.85. The van der Waals surface area contributed by atoms with Gasteiger partial charge in [-0.1, -0.05) is 6.92 Å². The van der Waals surface area contributed by atoms with Crippen molar-refractivity contribution in [3.05, 3.63) is 16.6 Å². The number of aliphatic hydroxyl groups excluding tert-OH is 1. The number of thiazole rings is 1. The number of rotatable bonds is 6. The van der Waals surface area contributed by atoms with E-state index in [9.17, 15) is 5.11 Å². The Kier molecular flexibility index (Phi) is 5.07. The molecule has 0 aromatic carbocycles. The van der Waals surface area contributed by atoms with Crippen molar-refractivity contribution < 1.29 is 9.84 Å². The normalized spacial score (nSPS) is 15.4. The molecule has 2 unspecified atom stereocenters. The van der Waals surface area contributed by atoms with Crippen molar-refractivity contribution in [3.63, 3.8) is 0 Å². The molecule has 1 aromatic rings. The van der Waals surface area contributed by atoms with Crippen LogP contribution in [0.2, 0.25) is 0 Å². The van der Waals surface area contributed by atoms with Crippen LogP contribution in [0.3, 0.4) is 0 Å². The van der Waals surface area contributed by atoms with Crippen LogP contribution in [0, 0.1) is 0 Å². The zero-order valence-electron chi connectivity index (χ0n) is 8.64. The van der Waals surface area contributed by atoms with Crippen LogP contribution >= 0.6 is 11.3 Å². The van der Waals surface area contributed by atoms with Gasteiger partial charge in [-0.2, -0.15) is 0 Å². The van der Waals surface area contributed by atoms with Crippen LogP contribution in [0.1, 0.15) is 25.3 Å². The SMILES string of the molecule is CCOC(CC)C(O)Cc1nccs1. The molecule has 1 heterocycles. The predicted molar refractivity (Wildman–Crippen MR) is 57.5 cm³/mol. The van der Waals surface area contributed by atoms with Crippen LogP contribution in [0.4, 0.5) is 0 Å². The molecule has 14 heavy (non-hydrogen) atoms. The number of aliphatic hydroxyl groups is 1. The fourth-order valence-corrected chi connectivity index (χ4v) is 2.05. The molecule has 0 fully saturated rings. The Morgan fingerprint density at radius 3 is 2.86 bits per heavy atom. The Morgan fingerprint density at radius 1 is 1.57 bits per heavy atom. The molecule has 3 nitrogen and oxygen atoms in total. The van der Waals surface area contributed by atoms with E-state index < -0.39 is 6.10 Å². The first-order valence-electron chi connectivity index (χ1n) is 4.96. The van der Waals surface area contributed by atoms with Crippen LogP contribution in [0.5, 0.6) is 0 Å². The number of aromatic nitrogens is 1. The maximum Gasteiger partial charge on any atom is 0.0951 e. The first-order valence-corrected chi connectivity index (χ1v) is 5.83. The highest BCUT2D eigenvalue weighted by atomic mass is 32.1. The van der Waals surface area contributed by atoms with Crippen LogP contribution in [-0.4, -0.2) is 28.9 Å². The molecule has 2 atom stereocenters. The summed E-state index contributed by atoms with van der Waals surface area (Å²) in [6.07, 6.45) is 2.68. The summed E-state index contributed by atoms with van der Waals surface area (Å²) in [5.41, 5.74) is 0. The van der Waals surface area contributed by atoms with E-state index in [2.05, 4.69) is 4.98 Å². The molecule has 0 saturated heterocycles. The van der Waals surface area contributed by atoms with Gasteiger partial charge in [-0.25, -0.2) is 4.98 Å². The molecular formula is C10H17NO2S. The van der Waals surface area contributed by atoms with E-state index in [1.807, 2.05) is 19.2 Å². The predicted octanol–water partition coefficient (Wildman–Crippen LogP) is 1.86. The average Bonchev–Trinajstić information content (AvgIpc) is 2.66. The van der Waals surface area contributed by atoms with Gasteiger partial charge in [-0.3, -0.25) is 0 Å². The van der Waals surface area contributed by atoms with Crippen molar-refractivity contribution in [2.24, 2.45) is 0 Å². The van der Waals surface area contributed by atoms with Gasteiger partial charge in [-0.15, -0.1) is 11.3 Å². The van der Waals surface area contributed by atoms with Gasteiger partial charge in [0.2, 0.25) is 0 Å². The number of ether oxygens (including phenoxy) is 1. The lowest BCUT2D eigenvalue weighted by atomic mass is 10.1. The van der Waals surface area contributed by atoms with E-state index in [0.29, 0.717) is 13.0 Å². The summed E-state index contributed by atoms with van der Waals surface area (Å²) in [5, 5.41) is 12.7. The zero-order chi connectivity index (χ0) is 10.4. The Labute approximate surface area is 88.8 Å². The highest BCUT2D eigenvalue weighted by Crippen LogP contribution is 2.12. The third kappa shape index (κ3) is 3.36. The van der Waals surface area contributed by atoms with Crippen molar-refractivity contribution in [3.8, 4) is 0 Å². The largest absolute Gasteiger partial charge is 0.390 e. The van der Waals surface area contributed by atoms with Crippen LogP contribution < -0.4 is 0 Å². The minimum Gasteiger partial charge on any atom is -0.390 e. The third-order valence-electron chi connectivity index (χ3n) is 2.08. The summed E-state index contributed by atoms with van der Waals surface area (Å²) < 4.78 is 5.43. The molecule has 1 aromatic heterocycles. The lowest BCUT2D eigenvalue weighted by Crippen LogP contribution is -2.30. The lowest BCUT2D eigenvalue weighted by molar-refractivity contribution is -0.0334. The minimum atomic E-state index is -0.439. The first kappa shape index (κ1) is 11.6. The Bertz CT molecular complexity index is 238. The van der Waals surface area contributed by atoms with Crippen molar-refractivity contribution in [2.45, 2.75) is 38.9 Å². The first-order chi connectivity index (χ1) is 6.77. The minimum absolute atomic E-state index is 0.0658. The molecule has 0 aliphatic carbocycles. The highest BCUT2D eigenvalue weighted by Gasteiger charge is 2.18. The van der Waals surface area contributed by atoms with Gasteiger partial charge >= 0.3 is 0 Å². The Morgan fingerprint density at radius 2 is 2.36 bits per heavy atom. The molecular weight excluding hydrogens is 198 g/mol. The summed E-state index contributed by atoms with van der Waals surface area (Å²) in [4.78, 5) is 4.14. The fraction of sp³-hybridized carbons (Fsp3) is 0.700.